The van der Waals surface area contributed by atoms with Gasteiger partial charge in [0.05, 0.1) is 19.3 Å². The number of imidazole rings is 1. The topological polar surface area (TPSA) is 39.1 Å². The van der Waals surface area contributed by atoms with E-state index in [-0.39, 0.29) is 0 Å². The maximum atomic E-state index is 5.48. The summed E-state index contributed by atoms with van der Waals surface area (Å²) >= 11 is 0. The van der Waals surface area contributed by atoms with Gasteiger partial charge in [-0.05, 0) is 32.9 Å². The van der Waals surface area contributed by atoms with E-state index in [1.165, 1.54) is 16.8 Å². The molecule has 4 heteroatoms. The third-order valence-corrected chi connectivity index (χ3v) is 3.63. The van der Waals surface area contributed by atoms with E-state index in [0.29, 0.717) is 0 Å². The normalized spacial score (nSPS) is 10.9. The molecule has 21 heavy (non-hydrogen) atoms. The van der Waals surface area contributed by atoms with Crippen LogP contribution in [0.2, 0.25) is 0 Å². The number of hydrogen-bond acceptors (Lipinski definition) is 3. The Kier molecular flexibility index (Phi) is 5.39. The monoisotopic (exact) mass is 287 g/mol. The van der Waals surface area contributed by atoms with Gasteiger partial charge in [-0.15, -0.1) is 0 Å². The first-order valence-electron chi connectivity index (χ1n) is 7.51. The number of ether oxygens (including phenoxy) is 1. The fourth-order valence-electron chi connectivity index (χ4n) is 2.47. The van der Waals surface area contributed by atoms with Gasteiger partial charge in [0.1, 0.15) is 11.6 Å². The van der Waals surface area contributed by atoms with Crippen molar-refractivity contribution < 1.29 is 4.74 Å². The zero-order valence-electron chi connectivity index (χ0n) is 13.4. The summed E-state index contributed by atoms with van der Waals surface area (Å²) in [5, 5.41) is 3.44. The van der Waals surface area contributed by atoms with Crippen LogP contribution in [0.1, 0.15) is 36.0 Å². The van der Waals surface area contributed by atoms with E-state index in [2.05, 4.69) is 40.8 Å². The lowest BCUT2D eigenvalue weighted by atomic mass is 10.1. The predicted molar refractivity (Wildman–Crippen MR) is 85.8 cm³/mol. The third-order valence-electron chi connectivity index (χ3n) is 3.63. The third kappa shape index (κ3) is 3.85. The maximum absolute atomic E-state index is 5.48. The van der Waals surface area contributed by atoms with Gasteiger partial charge in [-0.2, -0.15) is 0 Å². The van der Waals surface area contributed by atoms with E-state index in [1.54, 1.807) is 7.11 Å². The van der Waals surface area contributed by atoms with E-state index in [0.717, 1.165) is 37.6 Å². The quantitative estimate of drug-likeness (QED) is 0.796. The molecular weight excluding hydrogens is 262 g/mol. The molecule has 1 aromatic carbocycles. The van der Waals surface area contributed by atoms with Gasteiger partial charge in [0, 0.05) is 18.3 Å². The van der Waals surface area contributed by atoms with Gasteiger partial charge < -0.3 is 14.6 Å². The first-order valence-corrected chi connectivity index (χ1v) is 7.51. The van der Waals surface area contributed by atoms with E-state index < -0.39 is 0 Å². The second-order valence-corrected chi connectivity index (χ2v) is 5.37. The van der Waals surface area contributed by atoms with Crippen LogP contribution in [0.3, 0.4) is 0 Å². The molecule has 0 radical (unpaired) electrons. The summed E-state index contributed by atoms with van der Waals surface area (Å²) in [6, 6.07) is 6.29. The molecule has 0 aliphatic heterocycles. The molecule has 0 atom stereocenters. The van der Waals surface area contributed by atoms with Gasteiger partial charge in [-0.1, -0.05) is 24.6 Å². The largest absolute Gasteiger partial charge is 0.496 e. The lowest BCUT2D eigenvalue weighted by Gasteiger charge is -2.14. The second-order valence-electron chi connectivity index (χ2n) is 5.37. The number of benzene rings is 1. The number of hydrogen-bond donors (Lipinski definition) is 1. The Morgan fingerprint density at radius 3 is 2.81 bits per heavy atom. The van der Waals surface area contributed by atoms with E-state index in [9.17, 15) is 0 Å². The van der Waals surface area contributed by atoms with Crippen LogP contribution in [0, 0.1) is 13.8 Å². The number of aromatic nitrogens is 2. The summed E-state index contributed by atoms with van der Waals surface area (Å²) in [6.07, 6.45) is 3.10. The molecule has 0 aliphatic carbocycles. The van der Waals surface area contributed by atoms with Gasteiger partial charge in [0.15, 0.2) is 0 Å². The molecular formula is C17H25N3O. The van der Waals surface area contributed by atoms with Crippen molar-refractivity contribution in [3.05, 3.63) is 47.0 Å². The second kappa shape index (κ2) is 7.27. The molecule has 2 rings (SSSR count). The van der Waals surface area contributed by atoms with Crippen LogP contribution in [-0.4, -0.2) is 23.2 Å². The molecule has 0 aliphatic rings. The van der Waals surface area contributed by atoms with Crippen LogP contribution in [0.25, 0.3) is 0 Å². The van der Waals surface area contributed by atoms with Gasteiger partial charge in [0.25, 0.3) is 0 Å². The average molecular weight is 287 g/mol. The van der Waals surface area contributed by atoms with Crippen molar-refractivity contribution in [3.63, 3.8) is 0 Å². The van der Waals surface area contributed by atoms with Crippen molar-refractivity contribution in [2.45, 2.75) is 40.3 Å². The van der Waals surface area contributed by atoms with Gasteiger partial charge in [-0.3, -0.25) is 0 Å². The summed E-state index contributed by atoms with van der Waals surface area (Å²) in [5.74, 6) is 1.97. The van der Waals surface area contributed by atoms with Crippen molar-refractivity contribution in [2.24, 2.45) is 0 Å². The first kappa shape index (κ1) is 15.6. The number of rotatable bonds is 7. The van der Waals surface area contributed by atoms with Crippen molar-refractivity contribution in [3.8, 4) is 5.75 Å². The highest BCUT2D eigenvalue weighted by atomic mass is 16.5. The molecule has 1 heterocycles. The molecule has 0 saturated heterocycles. The maximum Gasteiger partial charge on any atom is 0.123 e. The summed E-state index contributed by atoms with van der Waals surface area (Å²) in [4.78, 5) is 4.45. The van der Waals surface area contributed by atoms with Crippen molar-refractivity contribution in [1.29, 1.82) is 0 Å². The SMILES string of the molecule is CCCNCc1cnc(C)n1Cc1cc(C)ccc1OC. The summed E-state index contributed by atoms with van der Waals surface area (Å²) in [6.45, 7) is 8.99. The molecule has 0 saturated carbocycles. The molecule has 2 aromatic rings. The van der Waals surface area contributed by atoms with Gasteiger partial charge in [0.2, 0.25) is 0 Å². The molecule has 0 amide bonds. The fraction of sp³-hybridized carbons (Fsp3) is 0.471. The van der Waals surface area contributed by atoms with Crippen LogP contribution in [-0.2, 0) is 13.1 Å². The van der Waals surface area contributed by atoms with E-state index >= 15 is 0 Å². The van der Waals surface area contributed by atoms with Crippen molar-refractivity contribution in [2.75, 3.05) is 13.7 Å². The number of nitrogens with one attached hydrogen (secondary N) is 1. The lowest BCUT2D eigenvalue weighted by Crippen LogP contribution is -2.18. The summed E-state index contributed by atoms with van der Waals surface area (Å²) in [7, 11) is 1.72. The van der Waals surface area contributed by atoms with E-state index in [1.807, 2.05) is 19.2 Å². The van der Waals surface area contributed by atoms with Crippen molar-refractivity contribution >= 4 is 0 Å². The minimum absolute atomic E-state index is 0.791. The van der Waals surface area contributed by atoms with Gasteiger partial charge in [-0.25, -0.2) is 4.98 Å². The van der Waals surface area contributed by atoms with Crippen molar-refractivity contribution in [1.82, 2.24) is 14.9 Å². The van der Waals surface area contributed by atoms with Crippen LogP contribution >= 0.6 is 0 Å². The summed E-state index contributed by atoms with van der Waals surface area (Å²) < 4.78 is 7.73. The first-order chi connectivity index (χ1) is 10.2. The fourth-order valence-corrected chi connectivity index (χ4v) is 2.47. The molecule has 0 spiro atoms. The number of nitrogens with zero attached hydrogens (tertiary/aromatic N) is 2. The predicted octanol–water partition coefficient (Wildman–Crippen LogP) is 3.06. The number of methoxy groups -OCH3 is 1. The van der Waals surface area contributed by atoms with Crippen LogP contribution < -0.4 is 10.1 Å². The summed E-state index contributed by atoms with van der Waals surface area (Å²) in [5.41, 5.74) is 3.65. The van der Waals surface area contributed by atoms with E-state index in [4.69, 9.17) is 4.74 Å². The molecule has 1 aromatic heterocycles. The lowest BCUT2D eigenvalue weighted by molar-refractivity contribution is 0.407. The highest BCUT2D eigenvalue weighted by Gasteiger charge is 2.10. The Hall–Kier alpha value is -1.81. The molecule has 0 fully saturated rings. The smallest absolute Gasteiger partial charge is 0.123 e. The minimum atomic E-state index is 0.791. The molecule has 0 bridgehead atoms. The van der Waals surface area contributed by atoms with Gasteiger partial charge >= 0.3 is 0 Å². The molecule has 0 unspecified atom stereocenters. The number of aryl methyl sites for hydroxylation is 2. The molecule has 1 N–H and O–H groups in total. The van der Waals surface area contributed by atoms with Crippen LogP contribution in [0.5, 0.6) is 5.75 Å². The minimum Gasteiger partial charge on any atom is -0.496 e. The zero-order valence-corrected chi connectivity index (χ0v) is 13.4. The molecule has 114 valence electrons. The highest BCUT2D eigenvalue weighted by molar-refractivity contribution is 5.37. The highest BCUT2D eigenvalue weighted by Crippen LogP contribution is 2.22. The van der Waals surface area contributed by atoms with Crippen LogP contribution in [0.15, 0.2) is 24.4 Å². The average Bonchev–Trinajstić information content (AvgIpc) is 2.81. The Morgan fingerprint density at radius 1 is 1.29 bits per heavy atom. The van der Waals surface area contributed by atoms with Crippen LogP contribution in [0.4, 0.5) is 0 Å². The Bertz CT molecular complexity index is 590. The Morgan fingerprint density at radius 2 is 2.10 bits per heavy atom. The Labute approximate surface area is 127 Å². The molecule has 4 nitrogen and oxygen atoms in total. The Balaban J connectivity index is 2.23. The standard InChI is InChI=1S/C17H25N3O/c1-5-8-18-10-16-11-19-14(3)20(16)12-15-9-13(2)6-7-17(15)21-4/h6-7,9,11,18H,5,8,10,12H2,1-4H3. The zero-order chi connectivity index (χ0) is 15.2.